The molecule has 1 saturated heterocycles. The predicted molar refractivity (Wildman–Crippen MR) is 101 cm³/mol. The van der Waals surface area contributed by atoms with Crippen molar-refractivity contribution in [3.05, 3.63) is 24.4 Å². The summed E-state index contributed by atoms with van der Waals surface area (Å²) in [6, 6.07) is 4.54. The van der Waals surface area contributed by atoms with Gasteiger partial charge in [0.15, 0.2) is 0 Å². The number of rotatable bonds is 8. The van der Waals surface area contributed by atoms with E-state index >= 15 is 0 Å². The summed E-state index contributed by atoms with van der Waals surface area (Å²) in [5.74, 6) is -0.317. The number of nitrogens with zero attached hydrogens (tertiary/aromatic N) is 3. The van der Waals surface area contributed by atoms with Crippen LogP contribution in [0.4, 0.5) is 5.82 Å². The van der Waals surface area contributed by atoms with E-state index in [0.717, 1.165) is 25.7 Å². The number of anilines is 1. The summed E-state index contributed by atoms with van der Waals surface area (Å²) < 4.78 is 0. The first kappa shape index (κ1) is 20.2. The maximum absolute atomic E-state index is 13.2. The zero-order valence-corrected chi connectivity index (χ0v) is 15.8. The Balaban J connectivity index is 1.68. The Hall–Kier alpha value is -2.52. The molecule has 0 aromatic carbocycles. The minimum atomic E-state index is -0.663. The van der Waals surface area contributed by atoms with Gasteiger partial charge < -0.3 is 5.32 Å². The second-order valence-corrected chi connectivity index (χ2v) is 7.44. The first-order valence-electron chi connectivity index (χ1n) is 9.77. The molecule has 2 heterocycles. The van der Waals surface area contributed by atoms with Crippen LogP contribution in [0.1, 0.15) is 38.5 Å². The molecule has 0 radical (unpaired) electrons. The summed E-state index contributed by atoms with van der Waals surface area (Å²) in [4.78, 5) is 40.8. The smallest absolute Gasteiger partial charge is 0.250 e. The molecule has 1 unspecified atom stereocenters. The van der Waals surface area contributed by atoms with Gasteiger partial charge in [-0.15, -0.1) is 0 Å². The molecular weight excluding hydrogens is 362 g/mol. The average Bonchev–Trinajstić information content (AvgIpc) is 3.39. The van der Waals surface area contributed by atoms with Crippen molar-refractivity contribution in [3.63, 3.8) is 0 Å². The van der Waals surface area contributed by atoms with Crippen LogP contribution in [0.25, 0.3) is 0 Å². The molecule has 3 N–H and O–H groups in total. The number of carbonyl (C=O) groups excluding carboxylic acids is 3. The molecule has 0 bridgehead atoms. The van der Waals surface area contributed by atoms with Crippen molar-refractivity contribution in [2.45, 2.75) is 44.6 Å². The summed E-state index contributed by atoms with van der Waals surface area (Å²) in [7, 11) is 0. The van der Waals surface area contributed by atoms with Crippen molar-refractivity contribution in [2.75, 3.05) is 18.4 Å². The van der Waals surface area contributed by atoms with Gasteiger partial charge in [-0.2, -0.15) is 0 Å². The van der Waals surface area contributed by atoms with Crippen molar-refractivity contribution in [3.8, 4) is 0 Å². The molecule has 28 heavy (non-hydrogen) atoms. The summed E-state index contributed by atoms with van der Waals surface area (Å²) in [5, 5.41) is 14.3. The minimum absolute atomic E-state index is 0.0778. The lowest BCUT2D eigenvalue weighted by atomic mass is 9.92. The van der Waals surface area contributed by atoms with Crippen LogP contribution >= 0.6 is 0 Å². The standard InChI is InChI=1S/C19H27N5O4/c25-13-23(28)12-15(11-14-5-1-2-6-14)19(27)24-16(8-10-21-24)18(26)22-17-7-3-4-9-20-17/h3-4,7,9,13-16,21,28H,1-2,5-6,8,10-12H2,(H,20,22,26)/t15?,16-/m0/s1. The lowest BCUT2D eigenvalue weighted by Crippen LogP contribution is -2.51. The van der Waals surface area contributed by atoms with E-state index in [4.69, 9.17) is 0 Å². The van der Waals surface area contributed by atoms with Crippen LogP contribution in [0.5, 0.6) is 0 Å². The van der Waals surface area contributed by atoms with E-state index in [1.54, 1.807) is 24.4 Å². The van der Waals surface area contributed by atoms with E-state index in [1.807, 2.05) is 0 Å². The van der Waals surface area contributed by atoms with E-state index < -0.39 is 12.0 Å². The van der Waals surface area contributed by atoms with E-state index in [0.29, 0.717) is 42.6 Å². The number of hydrogen-bond acceptors (Lipinski definition) is 6. The SMILES string of the molecule is O=CN(O)CC(CC1CCCC1)C(=O)N1NCC[C@H]1C(=O)Nc1ccccn1. The van der Waals surface area contributed by atoms with Gasteiger partial charge >= 0.3 is 0 Å². The molecule has 2 atom stereocenters. The van der Waals surface area contributed by atoms with Crippen LogP contribution in [0.2, 0.25) is 0 Å². The third kappa shape index (κ3) is 5.05. The largest absolute Gasteiger partial charge is 0.309 e. The second-order valence-electron chi connectivity index (χ2n) is 7.44. The second kappa shape index (κ2) is 9.61. The maximum Gasteiger partial charge on any atom is 0.250 e. The summed E-state index contributed by atoms with van der Waals surface area (Å²) in [6.45, 7) is 0.421. The van der Waals surface area contributed by atoms with Gasteiger partial charge in [-0.1, -0.05) is 31.7 Å². The topological polar surface area (TPSA) is 115 Å². The maximum atomic E-state index is 13.2. The highest BCUT2D eigenvalue weighted by Crippen LogP contribution is 2.31. The van der Waals surface area contributed by atoms with E-state index in [2.05, 4.69) is 15.7 Å². The molecule has 2 fully saturated rings. The lowest BCUT2D eigenvalue weighted by Gasteiger charge is -2.29. The van der Waals surface area contributed by atoms with Gasteiger partial charge in [0.25, 0.3) is 0 Å². The van der Waals surface area contributed by atoms with Gasteiger partial charge in [-0.3, -0.25) is 24.6 Å². The first-order valence-corrected chi connectivity index (χ1v) is 9.77. The molecule has 1 aliphatic heterocycles. The fraction of sp³-hybridized carbons (Fsp3) is 0.579. The fourth-order valence-corrected chi connectivity index (χ4v) is 4.05. The minimum Gasteiger partial charge on any atom is -0.309 e. The first-order chi connectivity index (χ1) is 13.6. The normalized spacial score (nSPS) is 20.8. The number of hydrogen-bond donors (Lipinski definition) is 3. The number of nitrogens with one attached hydrogen (secondary N) is 2. The zero-order valence-electron chi connectivity index (χ0n) is 15.8. The van der Waals surface area contributed by atoms with Crippen molar-refractivity contribution in [1.82, 2.24) is 20.5 Å². The Kier molecular flexibility index (Phi) is 6.94. The molecule has 1 aromatic heterocycles. The van der Waals surface area contributed by atoms with Gasteiger partial charge in [-0.05, 0) is 30.9 Å². The number of hydrazine groups is 1. The van der Waals surface area contributed by atoms with Gasteiger partial charge in [0.1, 0.15) is 11.9 Å². The summed E-state index contributed by atoms with van der Waals surface area (Å²) in [6.07, 6.45) is 7.34. The van der Waals surface area contributed by atoms with E-state index in [9.17, 15) is 19.6 Å². The molecule has 1 aromatic rings. The molecule has 0 spiro atoms. The number of aromatic nitrogens is 1. The van der Waals surface area contributed by atoms with Crippen molar-refractivity contribution in [1.29, 1.82) is 0 Å². The molecular formula is C19H27N5O4. The van der Waals surface area contributed by atoms with Crippen molar-refractivity contribution < 1.29 is 19.6 Å². The molecule has 2 aliphatic rings. The van der Waals surface area contributed by atoms with E-state index in [1.165, 1.54) is 5.01 Å². The van der Waals surface area contributed by atoms with Crippen molar-refractivity contribution >= 4 is 24.0 Å². The summed E-state index contributed by atoms with van der Waals surface area (Å²) in [5.41, 5.74) is 2.98. The Morgan fingerprint density at radius 2 is 2.14 bits per heavy atom. The van der Waals surface area contributed by atoms with Gasteiger partial charge in [0, 0.05) is 12.7 Å². The van der Waals surface area contributed by atoms with Crippen LogP contribution in [-0.4, -0.2) is 57.6 Å². The van der Waals surface area contributed by atoms with Crippen molar-refractivity contribution in [2.24, 2.45) is 11.8 Å². The number of pyridine rings is 1. The fourth-order valence-electron chi connectivity index (χ4n) is 4.05. The Morgan fingerprint density at radius 1 is 1.36 bits per heavy atom. The molecule has 9 heteroatoms. The van der Waals surface area contributed by atoms with Gasteiger partial charge in [0.2, 0.25) is 18.2 Å². The molecule has 1 saturated carbocycles. The highest BCUT2D eigenvalue weighted by atomic mass is 16.5. The molecule has 152 valence electrons. The number of amides is 3. The van der Waals surface area contributed by atoms with Gasteiger partial charge in [-0.25, -0.2) is 15.5 Å². The van der Waals surface area contributed by atoms with Crippen LogP contribution in [0.15, 0.2) is 24.4 Å². The average molecular weight is 389 g/mol. The molecule has 9 nitrogen and oxygen atoms in total. The van der Waals surface area contributed by atoms with Crippen LogP contribution in [-0.2, 0) is 14.4 Å². The Labute approximate surface area is 164 Å². The van der Waals surface area contributed by atoms with Crippen LogP contribution in [0.3, 0.4) is 0 Å². The molecule has 1 aliphatic carbocycles. The number of carbonyl (C=O) groups is 3. The van der Waals surface area contributed by atoms with Crippen LogP contribution < -0.4 is 10.7 Å². The number of hydroxylamine groups is 2. The highest BCUT2D eigenvalue weighted by Gasteiger charge is 2.39. The lowest BCUT2D eigenvalue weighted by molar-refractivity contribution is -0.159. The summed E-state index contributed by atoms with van der Waals surface area (Å²) >= 11 is 0. The quantitative estimate of drug-likeness (QED) is 0.349. The predicted octanol–water partition coefficient (Wildman–Crippen LogP) is 1.17. The molecule has 3 amide bonds. The Bertz CT molecular complexity index is 680. The van der Waals surface area contributed by atoms with E-state index in [-0.39, 0.29) is 18.4 Å². The van der Waals surface area contributed by atoms with Crippen LogP contribution in [0, 0.1) is 11.8 Å². The monoisotopic (exact) mass is 389 g/mol. The Morgan fingerprint density at radius 3 is 2.82 bits per heavy atom. The molecule has 3 rings (SSSR count). The van der Waals surface area contributed by atoms with Gasteiger partial charge in [0.05, 0.1) is 12.5 Å². The highest BCUT2D eigenvalue weighted by molar-refractivity contribution is 5.97. The third-order valence-corrected chi connectivity index (χ3v) is 5.44. The third-order valence-electron chi connectivity index (χ3n) is 5.44. The zero-order chi connectivity index (χ0) is 19.9.